The van der Waals surface area contributed by atoms with E-state index in [1.54, 1.807) is 0 Å². The molecule has 1 fully saturated rings. The molecule has 0 saturated carbocycles. The molecule has 3 nitrogen and oxygen atoms in total. The van der Waals surface area contributed by atoms with E-state index >= 15 is 0 Å². The Balaban J connectivity index is 2.21. The molecule has 1 heterocycles. The van der Waals surface area contributed by atoms with Crippen LogP contribution in [0.15, 0.2) is 4.99 Å². The van der Waals surface area contributed by atoms with Gasteiger partial charge in [-0.1, -0.05) is 18.7 Å². The molecule has 1 rings (SSSR count). The number of rotatable bonds is 5. The largest absolute Gasteiger partial charge is 0.380 e. The van der Waals surface area contributed by atoms with Crippen LogP contribution < -0.4 is 5.32 Å². The quantitative estimate of drug-likeness (QED) is 0.712. The molecular formula is C10H20N2OS. The molecule has 0 aromatic heterocycles. The van der Waals surface area contributed by atoms with Crippen molar-refractivity contribution in [1.29, 1.82) is 0 Å². The number of hydrogen-bond donors (Lipinski definition) is 1. The van der Waals surface area contributed by atoms with Crippen LogP contribution in [0, 0.1) is 0 Å². The molecule has 1 unspecified atom stereocenters. The molecule has 0 aromatic rings. The van der Waals surface area contributed by atoms with Crippen molar-refractivity contribution in [2.45, 2.75) is 32.7 Å². The fraction of sp³-hybridized carbons (Fsp3) is 0.900. The van der Waals surface area contributed by atoms with E-state index in [0.717, 1.165) is 24.9 Å². The Kier molecular flexibility index (Phi) is 6.03. The van der Waals surface area contributed by atoms with Gasteiger partial charge in [0.1, 0.15) is 0 Å². The standard InChI is InChI=1S/C10H20N2OS/c1-3-9-5-8-14-10(12-9)11-6-7-13-4-2/h9H,3-8H2,1-2H3,(H,11,12). The Morgan fingerprint density at radius 1 is 1.57 bits per heavy atom. The van der Waals surface area contributed by atoms with E-state index in [9.17, 15) is 0 Å². The molecule has 0 spiro atoms. The van der Waals surface area contributed by atoms with Crippen LogP contribution in [0.5, 0.6) is 0 Å². The SMILES string of the molecule is CCOCCN=C1NC(CC)CCS1. The molecule has 0 aromatic carbocycles. The topological polar surface area (TPSA) is 33.6 Å². The van der Waals surface area contributed by atoms with Crippen LogP contribution in [0.3, 0.4) is 0 Å². The Morgan fingerprint density at radius 2 is 2.43 bits per heavy atom. The summed E-state index contributed by atoms with van der Waals surface area (Å²) in [6.07, 6.45) is 2.44. The smallest absolute Gasteiger partial charge is 0.156 e. The maximum Gasteiger partial charge on any atom is 0.156 e. The van der Waals surface area contributed by atoms with Crippen molar-refractivity contribution in [2.75, 3.05) is 25.5 Å². The van der Waals surface area contributed by atoms with Crippen LogP contribution in [0.1, 0.15) is 26.7 Å². The molecule has 1 atom stereocenters. The minimum atomic E-state index is 0.627. The van der Waals surface area contributed by atoms with E-state index in [0.29, 0.717) is 6.04 Å². The minimum absolute atomic E-state index is 0.627. The Morgan fingerprint density at radius 3 is 3.14 bits per heavy atom. The lowest BCUT2D eigenvalue weighted by molar-refractivity contribution is 0.156. The summed E-state index contributed by atoms with van der Waals surface area (Å²) in [4.78, 5) is 4.46. The molecule has 0 radical (unpaired) electrons. The Bertz CT molecular complexity index is 185. The lowest BCUT2D eigenvalue weighted by Gasteiger charge is -2.24. The summed E-state index contributed by atoms with van der Waals surface area (Å²) in [5.41, 5.74) is 0. The highest BCUT2D eigenvalue weighted by molar-refractivity contribution is 8.13. The average molecular weight is 216 g/mol. The first kappa shape index (κ1) is 11.9. The number of ether oxygens (including phenoxy) is 1. The number of nitrogens with one attached hydrogen (secondary N) is 1. The average Bonchev–Trinajstić information content (AvgIpc) is 2.25. The summed E-state index contributed by atoms with van der Waals surface area (Å²) in [5.74, 6) is 1.19. The predicted molar refractivity (Wildman–Crippen MR) is 63.1 cm³/mol. The van der Waals surface area contributed by atoms with Gasteiger partial charge in [0.2, 0.25) is 0 Å². The first-order chi connectivity index (χ1) is 6.86. The van der Waals surface area contributed by atoms with Gasteiger partial charge in [-0.3, -0.25) is 4.99 Å². The second-order valence-electron chi connectivity index (χ2n) is 3.27. The van der Waals surface area contributed by atoms with Gasteiger partial charge in [-0.2, -0.15) is 0 Å². The summed E-state index contributed by atoms with van der Waals surface area (Å²) in [6.45, 7) is 6.51. The van der Waals surface area contributed by atoms with E-state index in [2.05, 4.69) is 17.2 Å². The van der Waals surface area contributed by atoms with Gasteiger partial charge in [-0.05, 0) is 19.8 Å². The Labute approximate surface area is 90.7 Å². The van der Waals surface area contributed by atoms with Crippen molar-refractivity contribution in [1.82, 2.24) is 5.32 Å². The number of amidine groups is 1. The summed E-state index contributed by atoms with van der Waals surface area (Å²) in [7, 11) is 0. The van der Waals surface area contributed by atoms with Crippen molar-refractivity contribution in [3.8, 4) is 0 Å². The van der Waals surface area contributed by atoms with Crippen LogP contribution in [-0.4, -0.2) is 36.7 Å². The van der Waals surface area contributed by atoms with Gasteiger partial charge in [0.05, 0.1) is 13.2 Å². The van der Waals surface area contributed by atoms with Gasteiger partial charge < -0.3 is 10.1 Å². The third-order valence-electron chi connectivity index (χ3n) is 2.22. The normalized spacial score (nSPS) is 25.0. The first-order valence-electron chi connectivity index (χ1n) is 5.38. The van der Waals surface area contributed by atoms with E-state index in [1.165, 1.54) is 18.6 Å². The van der Waals surface area contributed by atoms with Crippen LogP contribution in [0.2, 0.25) is 0 Å². The van der Waals surface area contributed by atoms with Crippen LogP contribution in [0.25, 0.3) is 0 Å². The zero-order valence-electron chi connectivity index (χ0n) is 9.08. The second kappa shape index (κ2) is 7.12. The van der Waals surface area contributed by atoms with Crippen molar-refractivity contribution in [3.63, 3.8) is 0 Å². The van der Waals surface area contributed by atoms with Gasteiger partial charge in [0.15, 0.2) is 5.17 Å². The van der Waals surface area contributed by atoms with Gasteiger partial charge in [0.25, 0.3) is 0 Å². The summed E-state index contributed by atoms with van der Waals surface area (Å²) < 4.78 is 5.23. The summed E-state index contributed by atoms with van der Waals surface area (Å²) >= 11 is 1.82. The predicted octanol–water partition coefficient (Wildman–Crippen LogP) is 1.88. The molecule has 82 valence electrons. The molecule has 1 saturated heterocycles. The molecule has 0 amide bonds. The van der Waals surface area contributed by atoms with Gasteiger partial charge in [-0.15, -0.1) is 0 Å². The zero-order chi connectivity index (χ0) is 10.2. The Hall–Kier alpha value is -0.220. The first-order valence-corrected chi connectivity index (χ1v) is 6.36. The fourth-order valence-corrected chi connectivity index (χ4v) is 2.37. The second-order valence-corrected chi connectivity index (χ2v) is 4.35. The molecule has 4 heteroatoms. The van der Waals surface area contributed by atoms with E-state index < -0.39 is 0 Å². The van der Waals surface area contributed by atoms with Crippen molar-refractivity contribution in [3.05, 3.63) is 0 Å². The van der Waals surface area contributed by atoms with E-state index in [4.69, 9.17) is 4.74 Å². The third kappa shape index (κ3) is 4.33. The van der Waals surface area contributed by atoms with E-state index in [1.807, 2.05) is 18.7 Å². The van der Waals surface area contributed by atoms with Gasteiger partial charge in [0, 0.05) is 18.4 Å². The minimum Gasteiger partial charge on any atom is -0.380 e. The van der Waals surface area contributed by atoms with Gasteiger partial charge >= 0.3 is 0 Å². The van der Waals surface area contributed by atoms with Crippen LogP contribution in [0.4, 0.5) is 0 Å². The molecule has 1 N–H and O–H groups in total. The zero-order valence-corrected chi connectivity index (χ0v) is 9.90. The molecular weight excluding hydrogens is 196 g/mol. The number of hydrogen-bond acceptors (Lipinski definition) is 3. The van der Waals surface area contributed by atoms with Gasteiger partial charge in [-0.25, -0.2) is 0 Å². The number of thioether (sulfide) groups is 1. The summed E-state index contributed by atoms with van der Waals surface area (Å²) in [6, 6.07) is 0.627. The lowest BCUT2D eigenvalue weighted by Crippen LogP contribution is -2.37. The van der Waals surface area contributed by atoms with Crippen molar-refractivity contribution < 1.29 is 4.74 Å². The lowest BCUT2D eigenvalue weighted by atomic mass is 10.2. The highest BCUT2D eigenvalue weighted by atomic mass is 32.2. The summed E-state index contributed by atoms with van der Waals surface area (Å²) in [5, 5.41) is 4.54. The fourth-order valence-electron chi connectivity index (χ4n) is 1.34. The molecule has 14 heavy (non-hydrogen) atoms. The molecule has 0 bridgehead atoms. The third-order valence-corrected chi connectivity index (χ3v) is 3.18. The highest BCUT2D eigenvalue weighted by Gasteiger charge is 2.14. The van der Waals surface area contributed by atoms with Crippen LogP contribution in [-0.2, 0) is 4.74 Å². The van der Waals surface area contributed by atoms with E-state index in [-0.39, 0.29) is 0 Å². The maximum absolute atomic E-state index is 5.23. The molecule has 1 aliphatic heterocycles. The highest BCUT2D eigenvalue weighted by Crippen LogP contribution is 2.15. The molecule has 1 aliphatic rings. The monoisotopic (exact) mass is 216 g/mol. The number of nitrogens with zero attached hydrogens (tertiary/aromatic N) is 1. The number of aliphatic imine (C=N–C) groups is 1. The maximum atomic E-state index is 5.23. The molecule has 0 aliphatic carbocycles. The van der Waals surface area contributed by atoms with Crippen molar-refractivity contribution in [2.24, 2.45) is 4.99 Å². The van der Waals surface area contributed by atoms with Crippen molar-refractivity contribution >= 4 is 16.9 Å². The van der Waals surface area contributed by atoms with Crippen LogP contribution >= 0.6 is 11.8 Å².